The maximum Gasteiger partial charge on any atom is 0.217 e. The topological polar surface area (TPSA) is 110 Å². The highest BCUT2D eigenvalue weighted by atomic mass is 16.7. The number of aliphatic hydroxyl groups is 5. The van der Waals surface area contributed by atoms with Crippen molar-refractivity contribution in [2.24, 2.45) is 0 Å². The molecule has 0 amide bonds. The third-order valence-corrected chi connectivity index (χ3v) is 2.79. The summed E-state index contributed by atoms with van der Waals surface area (Å²) in [6.07, 6.45) is -3.26. The summed E-state index contributed by atoms with van der Waals surface area (Å²) < 4.78 is 12.5. The van der Waals surface area contributed by atoms with Crippen molar-refractivity contribution in [2.75, 3.05) is 6.61 Å². The van der Waals surface area contributed by atoms with Gasteiger partial charge in [0.05, 0.1) is 7.98 Å². The summed E-state index contributed by atoms with van der Waals surface area (Å²) in [5, 5.41) is 48.1. The molecule has 0 radical (unpaired) electrons. The minimum absolute atomic E-state index is 0.436. The predicted molar refractivity (Wildman–Crippen MR) is 54.4 cm³/mol. The molecule has 0 spiro atoms. The molecule has 6 heteroatoms. The summed E-state index contributed by atoms with van der Waals surface area (Å²) in [6, 6.07) is -0.436. The molecule has 94 valence electrons. The van der Waals surface area contributed by atoms with Crippen LogP contribution in [0.1, 0.15) is 15.2 Å². The molecule has 0 aliphatic carbocycles. The van der Waals surface area contributed by atoms with Crippen LogP contribution in [0.2, 0.25) is 0 Å². The van der Waals surface area contributed by atoms with Gasteiger partial charge in [0.15, 0.2) is 0 Å². The molecule has 0 aromatic rings. The highest BCUT2D eigenvalue weighted by molar-refractivity contribution is 5.15. The van der Waals surface area contributed by atoms with Crippen molar-refractivity contribution in [2.45, 2.75) is 43.5 Å². The zero-order valence-corrected chi connectivity index (χ0v) is 9.16. The smallest absolute Gasteiger partial charge is 0.217 e. The maximum atomic E-state index is 10.1. The Labute approximate surface area is 94.8 Å². The third kappa shape index (κ3) is 1.88. The van der Waals surface area contributed by atoms with Crippen LogP contribution in [0.4, 0.5) is 0 Å². The number of hydrogen-bond donors (Lipinski definition) is 5. The molecular formula is C10H18O6. The number of ether oxygens (including phenoxy) is 1. The molecule has 6 nitrogen and oxygen atoms in total. The average Bonchev–Trinajstić information content (AvgIpc) is 2.49. The van der Waals surface area contributed by atoms with Crippen molar-refractivity contribution in [3.63, 3.8) is 0 Å². The molecule has 0 saturated carbocycles. The highest BCUT2D eigenvalue weighted by Gasteiger charge is 2.62. The predicted octanol–water partition coefficient (Wildman–Crippen LogP) is -1.89. The van der Waals surface area contributed by atoms with Gasteiger partial charge in [0.2, 0.25) is 5.79 Å². The van der Waals surface area contributed by atoms with Gasteiger partial charge in [-0.1, -0.05) is 6.08 Å². The van der Waals surface area contributed by atoms with Crippen molar-refractivity contribution in [3.05, 3.63) is 12.1 Å². The van der Waals surface area contributed by atoms with Crippen molar-refractivity contribution in [1.82, 2.24) is 0 Å². The third-order valence-electron chi connectivity index (χ3n) is 2.79. The molecule has 5 atom stereocenters. The van der Waals surface area contributed by atoms with Crippen LogP contribution in [-0.4, -0.2) is 61.8 Å². The van der Waals surface area contributed by atoms with Crippen LogP contribution < -0.4 is 0 Å². The molecule has 1 aliphatic heterocycles. The molecule has 1 unspecified atom stereocenters. The van der Waals surface area contributed by atoms with E-state index in [0.717, 1.165) is 6.92 Å². The summed E-state index contributed by atoms with van der Waals surface area (Å²) in [7, 11) is 0. The summed E-state index contributed by atoms with van der Waals surface area (Å²) in [6.45, 7) is 1.86. The first kappa shape index (κ1) is 12.0. The molecule has 1 heterocycles. The van der Waals surface area contributed by atoms with Gasteiger partial charge in [-0.25, -0.2) is 0 Å². The van der Waals surface area contributed by atoms with Crippen LogP contribution in [-0.2, 0) is 4.74 Å². The standard InChI is InChI=1S/C10H18O6/c1-3-4-10(15)9(2,14)8(13)7(16-10)6(12)5-11/h3-4,6-8,11-15H,5H2,1-2H3/t6-,7+,8+,9-,10?/m1/s1/i4D. The van der Waals surface area contributed by atoms with Crippen LogP contribution in [0.25, 0.3) is 0 Å². The molecule has 1 aliphatic rings. The summed E-state index contributed by atoms with van der Waals surface area (Å²) >= 11 is 0. The summed E-state index contributed by atoms with van der Waals surface area (Å²) in [4.78, 5) is 0. The quantitative estimate of drug-likeness (QED) is 0.366. The number of rotatable bonds is 3. The van der Waals surface area contributed by atoms with Crippen molar-refractivity contribution in [3.8, 4) is 0 Å². The summed E-state index contributed by atoms with van der Waals surface area (Å²) in [5.41, 5.74) is -2.16. The fourth-order valence-corrected chi connectivity index (χ4v) is 1.67. The molecule has 16 heavy (non-hydrogen) atoms. The van der Waals surface area contributed by atoms with Gasteiger partial charge < -0.3 is 30.3 Å². The molecule has 0 aromatic heterocycles. The lowest BCUT2D eigenvalue weighted by Crippen LogP contribution is -2.53. The van der Waals surface area contributed by atoms with E-state index in [1.54, 1.807) is 0 Å². The van der Waals surface area contributed by atoms with Crippen LogP contribution in [0.3, 0.4) is 0 Å². The van der Waals surface area contributed by atoms with Gasteiger partial charge in [-0.05, 0) is 19.9 Å². The highest BCUT2D eigenvalue weighted by Crippen LogP contribution is 2.40. The Bertz CT molecular complexity index is 318. The normalized spacial score (nSPS) is 47.9. The Kier molecular flexibility index (Phi) is 3.29. The van der Waals surface area contributed by atoms with Crippen LogP contribution >= 0.6 is 0 Å². The van der Waals surface area contributed by atoms with E-state index in [9.17, 15) is 20.4 Å². The van der Waals surface area contributed by atoms with Gasteiger partial charge in [-0.15, -0.1) is 0 Å². The minimum Gasteiger partial charge on any atom is -0.394 e. The molecule has 0 aromatic carbocycles. The lowest BCUT2D eigenvalue weighted by Gasteiger charge is -2.31. The fourth-order valence-electron chi connectivity index (χ4n) is 1.67. The molecule has 0 bridgehead atoms. The van der Waals surface area contributed by atoms with Crippen LogP contribution in [0.15, 0.2) is 12.1 Å². The van der Waals surface area contributed by atoms with Crippen molar-refractivity contribution >= 4 is 0 Å². The SMILES string of the molecule is [2H]C(=CC)C1(O)O[C@@H]([C@H](O)CO)[C@H](O)[C@@]1(C)O. The average molecular weight is 235 g/mol. The van der Waals surface area contributed by atoms with Gasteiger partial charge in [-0.2, -0.15) is 0 Å². The summed E-state index contributed by atoms with van der Waals surface area (Å²) in [5.74, 6) is -2.41. The molecular weight excluding hydrogens is 216 g/mol. The Morgan fingerprint density at radius 1 is 1.56 bits per heavy atom. The largest absolute Gasteiger partial charge is 0.394 e. The van der Waals surface area contributed by atoms with Gasteiger partial charge in [-0.3, -0.25) is 0 Å². The fraction of sp³-hybridized carbons (Fsp3) is 0.800. The van der Waals surface area contributed by atoms with E-state index in [-0.39, 0.29) is 0 Å². The van der Waals surface area contributed by atoms with E-state index >= 15 is 0 Å². The van der Waals surface area contributed by atoms with Gasteiger partial charge in [0.1, 0.15) is 23.9 Å². The zero-order valence-electron chi connectivity index (χ0n) is 10.2. The maximum absolute atomic E-state index is 10.1. The van der Waals surface area contributed by atoms with E-state index in [2.05, 4.69) is 0 Å². The first-order valence-corrected chi connectivity index (χ1v) is 4.95. The Balaban J connectivity index is 3.12. The van der Waals surface area contributed by atoms with Crippen molar-refractivity contribution in [1.29, 1.82) is 0 Å². The van der Waals surface area contributed by atoms with Crippen LogP contribution in [0, 0.1) is 0 Å². The van der Waals surface area contributed by atoms with E-state index in [0.29, 0.717) is 0 Å². The lowest BCUT2D eigenvalue weighted by atomic mass is 9.88. The van der Waals surface area contributed by atoms with E-state index in [1.807, 2.05) is 0 Å². The Morgan fingerprint density at radius 2 is 2.12 bits per heavy atom. The zero-order chi connectivity index (χ0) is 13.4. The Hall–Kier alpha value is -0.500. The van der Waals surface area contributed by atoms with E-state index in [1.165, 1.54) is 13.0 Å². The number of hydrogen-bond acceptors (Lipinski definition) is 6. The Morgan fingerprint density at radius 3 is 2.56 bits per heavy atom. The second-order valence-electron chi connectivity index (χ2n) is 4.00. The molecule has 1 saturated heterocycles. The second-order valence-corrected chi connectivity index (χ2v) is 4.00. The molecule has 5 N–H and O–H groups in total. The second kappa shape index (κ2) is 4.40. The van der Waals surface area contributed by atoms with E-state index < -0.39 is 42.4 Å². The van der Waals surface area contributed by atoms with E-state index in [4.69, 9.17) is 11.2 Å². The van der Waals surface area contributed by atoms with Gasteiger partial charge in [0.25, 0.3) is 0 Å². The molecule has 1 fully saturated rings. The lowest BCUT2D eigenvalue weighted by molar-refractivity contribution is -0.235. The number of allylic oxidation sites excluding steroid dienone is 1. The minimum atomic E-state index is -2.41. The monoisotopic (exact) mass is 235 g/mol. The van der Waals surface area contributed by atoms with Gasteiger partial charge >= 0.3 is 0 Å². The van der Waals surface area contributed by atoms with Crippen molar-refractivity contribution < 1.29 is 31.6 Å². The first-order valence-electron chi connectivity index (χ1n) is 5.45. The van der Waals surface area contributed by atoms with Gasteiger partial charge in [0, 0.05) is 0 Å². The van der Waals surface area contributed by atoms with Crippen LogP contribution in [0.5, 0.6) is 0 Å². The number of aliphatic hydroxyl groups excluding tert-OH is 3. The first-order chi connectivity index (χ1) is 7.72. The molecule has 1 rings (SSSR count).